The molecule has 1 aromatic rings. The third-order valence-electron chi connectivity index (χ3n) is 1.52. The van der Waals surface area contributed by atoms with Crippen LogP contribution in [0.1, 0.15) is 5.56 Å². The van der Waals surface area contributed by atoms with Crippen molar-refractivity contribution in [2.75, 3.05) is 6.54 Å². The fourth-order valence-electron chi connectivity index (χ4n) is 0.940. The van der Waals surface area contributed by atoms with E-state index in [0.717, 1.165) is 13.1 Å². The molecular formula is C10H12ClN. The Morgan fingerprint density at radius 1 is 1.25 bits per heavy atom. The van der Waals surface area contributed by atoms with Gasteiger partial charge in [-0.15, -0.1) is 0 Å². The molecule has 0 aliphatic rings. The molecule has 2 heteroatoms. The van der Waals surface area contributed by atoms with Crippen LogP contribution in [0.5, 0.6) is 0 Å². The summed E-state index contributed by atoms with van der Waals surface area (Å²) in [7, 11) is 0. The van der Waals surface area contributed by atoms with Crippen LogP contribution >= 0.6 is 11.6 Å². The Morgan fingerprint density at radius 2 is 2.00 bits per heavy atom. The maximum absolute atomic E-state index is 5.36. The number of halogens is 1. The third kappa shape index (κ3) is 3.56. The first-order chi connectivity index (χ1) is 5.93. The molecule has 0 unspecified atom stereocenters. The number of hydrogen-bond acceptors (Lipinski definition) is 1. The van der Waals surface area contributed by atoms with Crippen LogP contribution in [0.15, 0.2) is 41.9 Å². The topological polar surface area (TPSA) is 12.0 Å². The molecule has 64 valence electrons. The van der Waals surface area contributed by atoms with E-state index in [1.165, 1.54) is 11.1 Å². The van der Waals surface area contributed by atoms with E-state index in [1.54, 1.807) is 0 Å². The van der Waals surface area contributed by atoms with Gasteiger partial charge in [0, 0.05) is 18.6 Å². The normalized spacial score (nSPS) is 10.8. The van der Waals surface area contributed by atoms with E-state index in [4.69, 9.17) is 11.6 Å². The molecule has 0 fully saturated rings. The van der Waals surface area contributed by atoms with Crippen molar-refractivity contribution < 1.29 is 0 Å². The average Bonchev–Trinajstić information content (AvgIpc) is 2.14. The number of hydrogen-bond donors (Lipinski definition) is 1. The van der Waals surface area contributed by atoms with Gasteiger partial charge in [0.25, 0.3) is 0 Å². The summed E-state index contributed by atoms with van der Waals surface area (Å²) in [5.74, 6) is 0. The lowest BCUT2D eigenvalue weighted by molar-refractivity contribution is 0.760. The van der Waals surface area contributed by atoms with Crippen LogP contribution in [-0.4, -0.2) is 6.54 Å². The first-order valence-electron chi connectivity index (χ1n) is 3.93. The minimum atomic E-state index is 0.818. The zero-order valence-corrected chi connectivity index (χ0v) is 7.59. The van der Waals surface area contributed by atoms with Crippen molar-refractivity contribution in [2.45, 2.75) is 6.54 Å². The SMILES string of the molecule is Cl/C=C/CNCc1ccccc1. The van der Waals surface area contributed by atoms with Crippen molar-refractivity contribution >= 4 is 11.6 Å². The molecular weight excluding hydrogens is 170 g/mol. The molecule has 1 rings (SSSR count). The van der Waals surface area contributed by atoms with Gasteiger partial charge in [-0.05, 0) is 5.56 Å². The summed E-state index contributed by atoms with van der Waals surface area (Å²) in [4.78, 5) is 0. The van der Waals surface area contributed by atoms with Gasteiger partial charge in [-0.25, -0.2) is 0 Å². The molecule has 0 saturated heterocycles. The quantitative estimate of drug-likeness (QED) is 0.704. The highest BCUT2D eigenvalue weighted by Crippen LogP contribution is 1.96. The van der Waals surface area contributed by atoms with Gasteiger partial charge in [0.2, 0.25) is 0 Å². The summed E-state index contributed by atoms with van der Waals surface area (Å²) >= 11 is 5.36. The van der Waals surface area contributed by atoms with Crippen LogP contribution in [0.4, 0.5) is 0 Å². The molecule has 0 saturated carbocycles. The van der Waals surface area contributed by atoms with Crippen molar-refractivity contribution in [1.82, 2.24) is 5.32 Å². The Balaban J connectivity index is 2.24. The van der Waals surface area contributed by atoms with Crippen LogP contribution < -0.4 is 5.32 Å². The molecule has 0 amide bonds. The second-order valence-corrected chi connectivity index (χ2v) is 2.73. The highest BCUT2D eigenvalue weighted by molar-refractivity contribution is 6.25. The van der Waals surface area contributed by atoms with Crippen LogP contribution in [-0.2, 0) is 6.54 Å². The molecule has 0 atom stereocenters. The van der Waals surface area contributed by atoms with E-state index in [9.17, 15) is 0 Å². The maximum Gasteiger partial charge on any atom is 0.0208 e. The number of nitrogens with one attached hydrogen (secondary N) is 1. The van der Waals surface area contributed by atoms with E-state index < -0.39 is 0 Å². The molecule has 0 aromatic heterocycles. The van der Waals surface area contributed by atoms with Gasteiger partial charge in [0.1, 0.15) is 0 Å². The highest BCUT2D eigenvalue weighted by Gasteiger charge is 1.86. The highest BCUT2D eigenvalue weighted by atomic mass is 35.5. The molecule has 0 heterocycles. The molecule has 1 nitrogen and oxygen atoms in total. The third-order valence-corrected chi connectivity index (χ3v) is 1.70. The summed E-state index contributed by atoms with van der Waals surface area (Å²) in [6, 6.07) is 10.3. The van der Waals surface area contributed by atoms with Gasteiger partial charge in [-0.3, -0.25) is 0 Å². The van der Waals surface area contributed by atoms with Crippen LogP contribution in [0.3, 0.4) is 0 Å². The number of rotatable bonds is 4. The predicted octanol–water partition coefficient (Wildman–Crippen LogP) is 2.53. The number of benzene rings is 1. The monoisotopic (exact) mass is 181 g/mol. The van der Waals surface area contributed by atoms with Crippen molar-refractivity contribution in [3.63, 3.8) is 0 Å². The first kappa shape index (κ1) is 9.30. The molecule has 1 N–H and O–H groups in total. The van der Waals surface area contributed by atoms with Crippen molar-refractivity contribution in [1.29, 1.82) is 0 Å². The molecule has 12 heavy (non-hydrogen) atoms. The largest absolute Gasteiger partial charge is 0.309 e. The first-order valence-corrected chi connectivity index (χ1v) is 4.37. The summed E-state index contributed by atoms with van der Waals surface area (Å²) in [5, 5.41) is 3.23. The summed E-state index contributed by atoms with van der Waals surface area (Å²) in [5.41, 5.74) is 2.82. The fourth-order valence-corrected chi connectivity index (χ4v) is 1.03. The van der Waals surface area contributed by atoms with Gasteiger partial charge in [-0.2, -0.15) is 0 Å². The molecule has 0 radical (unpaired) electrons. The van der Waals surface area contributed by atoms with E-state index in [2.05, 4.69) is 17.4 Å². The summed E-state index contributed by atoms with van der Waals surface area (Å²) < 4.78 is 0. The maximum atomic E-state index is 5.36. The zero-order valence-electron chi connectivity index (χ0n) is 6.83. The van der Waals surface area contributed by atoms with E-state index >= 15 is 0 Å². The van der Waals surface area contributed by atoms with Crippen LogP contribution in [0.25, 0.3) is 0 Å². The fraction of sp³-hybridized carbons (Fsp3) is 0.200. The van der Waals surface area contributed by atoms with Crippen molar-refractivity contribution in [3.05, 3.63) is 47.5 Å². The Bertz CT molecular complexity index is 231. The lowest BCUT2D eigenvalue weighted by Crippen LogP contribution is -2.12. The second-order valence-electron chi connectivity index (χ2n) is 2.48. The Morgan fingerprint density at radius 3 is 2.67 bits per heavy atom. The van der Waals surface area contributed by atoms with Crippen molar-refractivity contribution in [2.24, 2.45) is 0 Å². The Kier molecular flexibility index (Phi) is 4.50. The standard InChI is InChI=1S/C10H12ClN/c11-7-4-8-12-9-10-5-2-1-3-6-10/h1-7,12H,8-9H2/b7-4+. The summed E-state index contributed by atoms with van der Waals surface area (Å²) in [6.45, 7) is 1.71. The molecule has 0 aliphatic carbocycles. The smallest absolute Gasteiger partial charge is 0.0208 e. The minimum Gasteiger partial charge on any atom is -0.309 e. The van der Waals surface area contributed by atoms with Crippen molar-refractivity contribution in [3.8, 4) is 0 Å². The van der Waals surface area contributed by atoms with Crippen LogP contribution in [0, 0.1) is 0 Å². The minimum absolute atomic E-state index is 0.818. The van der Waals surface area contributed by atoms with Crippen LogP contribution in [0.2, 0.25) is 0 Å². The molecule has 0 bridgehead atoms. The predicted molar refractivity (Wildman–Crippen MR) is 53.1 cm³/mol. The molecule has 1 aromatic carbocycles. The lowest BCUT2D eigenvalue weighted by atomic mass is 10.2. The zero-order chi connectivity index (χ0) is 8.65. The summed E-state index contributed by atoms with van der Waals surface area (Å²) in [6.07, 6.45) is 1.88. The average molecular weight is 182 g/mol. The van der Waals surface area contributed by atoms with Gasteiger partial charge < -0.3 is 5.32 Å². The Labute approximate surface area is 78.1 Å². The van der Waals surface area contributed by atoms with E-state index in [-0.39, 0.29) is 0 Å². The lowest BCUT2D eigenvalue weighted by Gasteiger charge is -2.00. The van der Waals surface area contributed by atoms with Gasteiger partial charge in [0.15, 0.2) is 0 Å². The van der Waals surface area contributed by atoms with E-state index in [0.29, 0.717) is 0 Å². The second kappa shape index (κ2) is 5.81. The van der Waals surface area contributed by atoms with Gasteiger partial charge >= 0.3 is 0 Å². The molecule has 0 spiro atoms. The van der Waals surface area contributed by atoms with E-state index in [1.807, 2.05) is 24.3 Å². The molecule has 0 aliphatic heterocycles. The Hall–Kier alpha value is -0.790. The van der Waals surface area contributed by atoms with Gasteiger partial charge in [0.05, 0.1) is 0 Å². The van der Waals surface area contributed by atoms with Gasteiger partial charge in [-0.1, -0.05) is 48.0 Å².